The Morgan fingerprint density at radius 1 is 1.39 bits per heavy atom. The minimum Gasteiger partial charge on any atom is -0.493 e. The van der Waals surface area contributed by atoms with E-state index in [-0.39, 0.29) is 6.04 Å². The van der Waals surface area contributed by atoms with Gasteiger partial charge in [-0.3, -0.25) is 0 Å². The van der Waals surface area contributed by atoms with Crippen LogP contribution in [0, 0.1) is 12.3 Å². The van der Waals surface area contributed by atoms with Crippen molar-refractivity contribution in [3.8, 4) is 23.8 Å². The van der Waals surface area contributed by atoms with Gasteiger partial charge in [-0.15, -0.1) is 6.42 Å². The van der Waals surface area contributed by atoms with Crippen LogP contribution in [0.1, 0.15) is 24.9 Å². The van der Waals surface area contributed by atoms with Crippen LogP contribution >= 0.6 is 11.6 Å². The molecule has 18 heavy (non-hydrogen) atoms. The zero-order chi connectivity index (χ0) is 13.5. The molecule has 0 aliphatic heterocycles. The molecule has 1 atom stereocenters. The smallest absolute Gasteiger partial charge is 0.179 e. The van der Waals surface area contributed by atoms with Gasteiger partial charge in [0, 0.05) is 0 Å². The predicted octanol–water partition coefficient (Wildman–Crippen LogP) is 3.03. The Morgan fingerprint density at radius 3 is 2.61 bits per heavy atom. The molecule has 0 aliphatic rings. The standard InChI is InChI=1S/C14H18ClNO2/c1-5-7-16-12(6-2)10-8-11(15)14(18-4)13(9-10)17-3/h2,8-9,12,16H,5,7H2,1,3-4H3. The van der Waals surface area contributed by atoms with Gasteiger partial charge in [0.15, 0.2) is 11.5 Å². The van der Waals surface area contributed by atoms with Crippen LogP contribution in [0.2, 0.25) is 5.02 Å². The first-order chi connectivity index (χ1) is 8.67. The molecule has 1 unspecified atom stereocenters. The predicted molar refractivity (Wildman–Crippen MR) is 74.4 cm³/mol. The summed E-state index contributed by atoms with van der Waals surface area (Å²) in [5.74, 6) is 3.81. The van der Waals surface area contributed by atoms with E-state index >= 15 is 0 Å². The molecule has 1 rings (SSSR count). The third kappa shape index (κ3) is 3.32. The van der Waals surface area contributed by atoms with Gasteiger partial charge < -0.3 is 14.8 Å². The minimum atomic E-state index is -0.178. The van der Waals surface area contributed by atoms with E-state index in [0.29, 0.717) is 16.5 Å². The number of nitrogens with one attached hydrogen (secondary N) is 1. The summed E-state index contributed by atoms with van der Waals surface area (Å²) in [6, 6.07) is 3.47. The Balaban J connectivity index is 3.09. The van der Waals surface area contributed by atoms with E-state index < -0.39 is 0 Å². The molecule has 4 heteroatoms. The quantitative estimate of drug-likeness (QED) is 0.804. The SMILES string of the molecule is C#CC(NCCC)c1cc(Cl)c(OC)c(OC)c1. The van der Waals surface area contributed by atoms with Crippen molar-refractivity contribution in [2.75, 3.05) is 20.8 Å². The van der Waals surface area contributed by atoms with E-state index in [9.17, 15) is 0 Å². The molecule has 0 heterocycles. The molecule has 0 aliphatic carbocycles. The second-order valence-corrected chi connectivity index (χ2v) is 4.20. The molecule has 1 aromatic rings. The van der Waals surface area contributed by atoms with Gasteiger partial charge in [-0.1, -0.05) is 24.4 Å². The summed E-state index contributed by atoms with van der Waals surface area (Å²) in [4.78, 5) is 0. The van der Waals surface area contributed by atoms with Gasteiger partial charge in [0.25, 0.3) is 0 Å². The summed E-state index contributed by atoms with van der Waals surface area (Å²) < 4.78 is 10.4. The molecule has 0 aromatic heterocycles. The number of rotatable bonds is 6. The number of hydrogen-bond acceptors (Lipinski definition) is 3. The lowest BCUT2D eigenvalue weighted by molar-refractivity contribution is 0.354. The van der Waals surface area contributed by atoms with Crippen LogP contribution in [-0.2, 0) is 0 Å². The Labute approximate surface area is 113 Å². The summed E-state index contributed by atoms with van der Waals surface area (Å²) in [5.41, 5.74) is 0.897. The highest BCUT2D eigenvalue weighted by molar-refractivity contribution is 6.32. The molecule has 98 valence electrons. The van der Waals surface area contributed by atoms with Gasteiger partial charge in [0.1, 0.15) is 0 Å². The first kappa shape index (κ1) is 14.7. The van der Waals surface area contributed by atoms with Crippen LogP contribution in [0.3, 0.4) is 0 Å². The fourth-order valence-corrected chi connectivity index (χ4v) is 1.96. The number of methoxy groups -OCH3 is 2. The van der Waals surface area contributed by atoms with Gasteiger partial charge in [-0.25, -0.2) is 0 Å². The molecule has 0 bridgehead atoms. The summed E-state index contributed by atoms with van der Waals surface area (Å²) in [7, 11) is 3.12. The summed E-state index contributed by atoms with van der Waals surface area (Å²) in [6.07, 6.45) is 6.54. The van der Waals surface area contributed by atoms with Crippen LogP contribution in [-0.4, -0.2) is 20.8 Å². The number of ether oxygens (including phenoxy) is 2. The van der Waals surface area contributed by atoms with E-state index in [2.05, 4.69) is 18.2 Å². The molecule has 0 saturated heterocycles. The monoisotopic (exact) mass is 267 g/mol. The van der Waals surface area contributed by atoms with Crippen molar-refractivity contribution in [2.45, 2.75) is 19.4 Å². The Morgan fingerprint density at radius 2 is 2.11 bits per heavy atom. The molecule has 0 spiro atoms. The average Bonchev–Trinajstić information content (AvgIpc) is 2.38. The van der Waals surface area contributed by atoms with Crippen molar-refractivity contribution >= 4 is 11.6 Å². The lowest BCUT2D eigenvalue weighted by atomic mass is 10.1. The van der Waals surface area contributed by atoms with Crippen molar-refractivity contribution in [1.82, 2.24) is 5.32 Å². The van der Waals surface area contributed by atoms with E-state index in [1.54, 1.807) is 20.3 Å². The molecule has 3 nitrogen and oxygen atoms in total. The number of halogens is 1. The molecular weight excluding hydrogens is 250 g/mol. The van der Waals surface area contributed by atoms with Gasteiger partial charge in [-0.05, 0) is 30.7 Å². The van der Waals surface area contributed by atoms with Crippen molar-refractivity contribution < 1.29 is 9.47 Å². The average molecular weight is 268 g/mol. The Kier molecular flexibility index (Phi) is 5.84. The third-order valence-corrected chi connectivity index (χ3v) is 2.84. The zero-order valence-corrected chi connectivity index (χ0v) is 11.7. The molecule has 0 amide bonds. The maximum absolute atomic E-state index is 6.15. The minimum absolute atomic E-state index is 0.178. The van der Waals surface area contributed by atoms with Gasteiger partial charge in [-0.2, -0.15) is 0 Å². The number of terminal acetylenes is 1. The van der Waals surface area contributed by atoms with Gasteiger partial charge in [0.2, 0.25) is 0 Å². The molecule has 0 fully saturated rings. The zero-order valence-electron chi connectivity index (χ0n) is 10.9. The van der Waals surface area contributed by atoms with E-state index in [1.165, 1.54) is 0 Å². The maximum atomic E-state index is 6.15. The molecule has 0 saturated carbocycles. The van der Waals surface area contributed by atoms with Gasteiger partial charge >= 0.3 is 0 Å². The van der Waals surface area contributed by atoms with Crippen molar-refractivity contribution in [2.24, 2.45) is 0 Å². The lowest BCUT2D eigenvalue weighted by Gasteiger charge is -2.16. The molecule has 0 radical (unpaired) electrons. The first-order valence-corrected chi connectivity index (χ1v) is 6.16. The largest absolute Gasteiger partial charge is 0.493 e. The second-order valence-electron chi connectivity index (χ2n) is 3.79. The van der Waals surface area contributed by atoms with Crippen molar-refractivity contribution in [3.63, 3.8) is 0 Å². The second kappa shape index (κ2) is 7.15. The fraction of sp³-hybridized carbons (Fsp3) is 0.429. The molecular formula is C14H18ClNO2. The van der Waals surface area contributed by atoms with Crippen LogP contribution in [0.4, 0.5) is 0 Å². The topological polar surface area (TPSA) is 30.5 Å². The third-order valence-electron chi connectivity index (χ3n) is 2.55. The van der Waals surface area contributed by atoms with E-state index in [1.807, 2.05) is 6.07 Å². The summed E-state index contributed by atoms with van der Waals surface area (Å²) in [6.45, 7) is 2.93. The fourth-order valence-electron chi connectivity index (χ4n) is 1.67. The van der Waals surface area contributed by atoms with Gasteiger partial charge in [0.05, 0.1) is 25.3 Å². The van der Waals surface area contributed by atoms with E-state index in [4.69, 9.17) is 27.5 Å². The first-order valence-electron chi connectivity index (χ1n) is 5.78. The van der Waals surface area contributed by atoms with Crippen LogP contribution in [0.25, 0.3) is 0 Å². The highest BCUT2D eigenvalue weighted by atomic mass is 35.5. The Bertz CT molecular complexity index is 440. The van der Waals surface area contributed by atoms with Crippen molar-refractivity contribution in [1.29, 1.82) is 0 Å². The molecule has 1 aromatic carbocycles. The molecule has 1 N–H and O–H groups in total. The number of benzene rings is 1. The van der Waals surface area contributed by atoms with Crippen molar-refractivity contribution in [3.05, 3.63) is 22.7 Å². The maximum Gasteiger partial charge on any atom is 0.179 e. The lowest BCUT2D eigenvalue weighted by Crippen LogP contribution is -2.20. The van der Waals surface area contributed by atoms with E-state index in [0.717, 1.165) is 18.5 Å². The van der Waals surface area contributed by atoms with Crippen LogP contribution < -0.4 is 14.8 Å². The van der Waals surface area contributed by atoms with Crippen LogP contribution in [0.5, 0.6) is 11.5 Å². The van der Waals surface area contributed by atoms with Crippen LogP contribution in [0.15, 0.2) is 12.1 Å². The Hall–Kier alpha value is -1.37. The summed E-state index contributed by atoms with van der Waals surface area (Å²) >= 11 is 6.15. The number of hydrogen-bond donors (Lipinski definition) is 1. The highest BCUT2D eigenvalue weighted by Crippen LogP contribution is 2.37. The normalized spacial score (nSPS) is 11.7. The summed E-state index contributed by atoms with van der Waals surface area (Å²) in [5, 5.41) is 3.75. The highest BCUT2D eigenvalue weighted by Gasteiger charge is 2.15.